The molecule has 1 N–H and O–H groups in total. The van der Waals surface area contributed by atoms with Crippen LogP contribution in [0.3, 0.4) is 0 Å². The van der Waals surface area contributed by atoms with E-state index in [9.17, 15) is 9.59 Å². The van der Waals surface area contributed by atoms with Crippen LogP contribution in [0.25, 0.3) is 0 Å². The highest BCUT2D eigenvalue weighted by Gasteiger charge is 2.34. The van der Waals surface area contributed by atoms with Crippen molar-refractivity contribution < 1.29 is 9.59 Å². The van der Waals surface area contributed by atoms with Crippen LogP contribution in [0.5, 0.6) is 0 Å². The molecule has 0 radical (unpaired) electrons. The number of nitrogens with one attached hydrogen (secondary N) is 1. The number of nitrogens with zero attached hydrogens (tertiary/aromatic N) is 4. The molecule has 136 valence electrons. The average Bonchev–Trinajstić information content (AvgIpc) is 3.12. The molecular formula is C18H27N5O2. The van der Waals surface area contributed by atoms with E-state index in [1.807, 2.05) is 30.6 Å². The van der Waals surface area contributed by atoms with E-state index in [1.165, 1.54) is 0 Å². The van der Waals surface area contributed by atoms with Gasteiger partial charge >= 0.3 is 0 Å². The normalized spacial score (nSPS) is 17.4. The SMILES string of the molecule is CNc1nc2c(c(C(=O)N3CCCC3)n1)CN(C(=O)C(C)(C)C)CC2. The highest BCUT2D eigenvalue weighted by molar-refractivity contribution is 5.94. The monoisotopic (exact) mass is 345 g/mol. The van der Waals surface area contributed by atoms with E-state index < -0.39 is 5.41 Å². The van der Waals surface area contributed by atoms with Crippen LogP contribution in [0.2, 0.25) is 0 Å². The van der Waals surface area contributed by atoms with Crippen LogP contribution < -0.4 is 5.32 Å². The number of carbonyl (C=O) groups excluding carboxylic acids is 2. The second-order valence-electron chi connectivity index (χ2n) is 7.80. The van der Waals surface area contributed by atoms with Gasteiger partial charge in [-0.05, 0) is 12.8 Å². The lowest BCUT2D eigenvalue weighted by Crippen LogP contribution is -2.43. The molecule has 0 bridgehead atoms. The summed E-state index contributed by atoms with van der Waals surface area (Å²) in [5.41, 5.74) is 1.69. The van der Waals surface area contributed by atoms with Crippen LogP contribution in [0.15, 0.2) is 0 Å². The average molecular weight is 345 g/mol. The summed E-state index contributed by atoms with van der Waals surface area (Å²) < 4.78 is 0. The van der Waals surface area contributed by atoms with E-state index in [1.54, 1.807) is 7.05 Å². The minimum atomic E-state index is -0.442. The fourth-order valence-corrected chi connectivity index (χ4v) is 3.42. The molecule has 2 amide bonds. The van der Waals surface area contributed by atoms with Gasteiger partial charge in [-0.3, -0.25) is 9.59 Å². The predicted molar refractivity (Wildman–Crippen MR) is 95.3 cm³/mol. The Balaban J connectivity index is 1.96. The lowest BCUT2D eigenvalue weighted by molar-refractivity contribution is -0.140. The van der Waals surface area contributed by atoms with Gasteiger partial charge in [0.25, 0.3) is 5.91 Å². The molecule has 3 heterocycles. The van der Waals surface area contributed by atoms with E-state index >= 15 is 0 Å². The molecule has 0 spiro atoms. The third-order valence-corrected chi connectivity index (χ3v) is 4.81. The van der Waals surface area contributed by atoms with Gasteiger partial charge in [0.1, 0.15) is 5.69 Å². The maximum atomic E-state index is 13.0. The largest absolute Gasteiger partial charge is 0.357 e. The van der Waals surface area contributed by atoms with Crippen LogP contribution in [-0.2, 0) is 17.8 Å². The van der Waals surface area contributed by atoms with Gasteiger partial charge in [-0.2, -0.15) is 0 Å². The number of hydrogen-bond acceptors (Lipinski definition) is 5. The number of hydrogen-bond donors (Lipinski definition) is 1. The van der Waals surface area contributed by atoms with Gasteiger partial charge < -0.3 is 15.1 Å². The van der Waals surface area contributed by atoms with Gasteiger partial charge in [0, 0.05) is 50.6 Å². The molecule has 1 saturated heterocycles. The van der Waals surface area contributed by atoms with Crippen molar-refractivity contribution in [2.45, 2.75) is 46.6 Å². The zero-order valence-corrected chi connectivity index (χ0v) is 15.6. The summed E-state index contributed by atoms with van der Waals surface area (Å²) in [5, 5.41) is 2.95. The summed E-state index contributed by atoms with van der Waals surface area (Å²) in [6, 6.07) is 0. The topological polar surface area (TPSA) is 78.4 Å². The predicted octanol–water partition coefficient (Wildman–Crippen LogP) is 1.69. The van der Waals surface area contributed by atoms with Crippen LogP contribution >= 0.6 is 0 Å². The summed E-state index contributed by atoms with van der Waals surface area (Å²) in [4.78, 5) is 38.3. The summed E-state index contributed by atoms with van der Waals surface area (Å²) >= 11 is 0. The molecule has 7 nitrogen and oxygen atoms in total. The van der Waals surface area contributed by atoms with Crippen molar-refractivity contribution in [3.05, 3.63) is 17.0 Å². The summed E-state index contributed by atoms with van der Waals surface area (Å²) in [6.07, 6.45) is 2.72. The number of aromatic nitrogens is 2. The van der Waals surface area contributed by atoms with Gasteiger partial charge in [0.15, 0.2) is 0 Å². The Kier molecular flexibility index (Phi) is 4.67. The first-order valence-corrected chi connectivity index (χ1v) is 8.97. The number of amides is 2. The molecule has 7 heteroatoms. The van der Waals surface area contributed by atoms with E-state index in [2.05, 4.69) is 15.3 Å². The van der Waals surface area contributed by atoms with E-state index in [4.69, 9.17) is 0 Å². The minimum Gasteiger partial charge on any atom is -0.357 e. The Labute approximate surface area is 148 Å². The minimum absolute atomic E-state index is 0.0438. The number of anilines is 1. The summed E-state index contributed by atoms with van der Waals surface area (Å²) in [6.45, 7) is 8.34. The van der Waals surface area contributed by atoms with E-state index in [0.29, 0.717) is 31.2 Å². The molecule has 0 saturated carbocycles. The van der Waals surface area contributed by atoms with Crippen molar-refractivity contribution in [2.75, 3.05) is 32.0 Å². The van der Waals surface area contributed by atoms with E-state index in [0.717, 1.165) is 37.2 Å². The molecule has 0 unspecified atom stereocenters. The molecule has 0 aliphatic carbocycles. The van der Waals surface area contributed by atoms with Crippen molar-refractivity contribution in [3.63, 3.8) is 0 Å². The molecule has 2 aliphatic heterocycles. The van der Waals surface area contributed by atoms with Gasteiger partial charge in [-0.1, -0.05) is 20.8 Å². The molecule has 2 aliphatic rings. The van der Waals surface area contributed by atoms with Crippen LogP contribution in [-0.4, -0.2) is 58.3 Å². The number of fused-ring (bicyclic) bond motifs is 1. The number of rotatable bonds is 2. The highest BCUT2D eigenvalue weighted by Crippen LogP contribution is 2.27. The standard InChI is InChI=1S/C18H27N5O2/c1-18(2,3)16(25)23-10-7-13-12(11-23)14(21-17(19-4)20-13)15(24)22-8-5-6-9-22/h5-11H2,1-4H3,(H,19,20,21). The lowest BCUT2D eigenvalue weighted by Gasteiger charge is -2.34. The quantitative estimate of drug-likeness (QED) is 0.882. The molecule has 0 atom stereocenters. The molecule has 1 aromatic rings. The van der Waals surface area contributed by atoms with Crippen molar-refractivity contribution in [1.29, 1.82) is 0 Å². The fraction of sp³-hybridized carbons (Fsp3) is 0.667. The first-order chi connectivity index (χ1) is 11.8. The van der Waals surface area contributed by atoms with Crippen molar-refractivity contribution in [3.8, 4) is 0 Å². The molecule has 1 aromatic heterocycles. The van der Waals surface area contributed by atoms with Crippen molar-refractivity contribution >= 4 is 17.8 Å². The second kappa shape index (κ2) is 6.61. The Morgan fingerprint density at radius 3 is 2.32 bits per heavy atom. The highest BCUT2D eigenvalue weighted by atomic mass is 16.2. The first-order valence-electron chi connectivity index (χ1n) is 8.97. The summed E-state index contributed by atoms with van der Waals surface area (Å²) in [7, 11) is 1.75. The molecule has 25 heavy (non-hydrogen) atoms. The smallest absolute Gasteiger partial charge is 0.273 e. The third-order valence-electron chi connectivity index (χ3n) is 4.81. The van der Waals surface area contributed by atoms with Crippen LogP contribution in [0, 0.1) is 5.41 Å². The Morgan fingerprint density at radius 1 is 1.04 bits per heavy atom. The Bertz CT molecular complexity index is 689. The first kappa shape index (κ1) is 17.6. The number of likely N-dealkylation sites (tertiary alicyclic amines) is 1. The summed E-state index contributed by atoms with van der Waals surface area (Å²) in [5.74, 6) is 0.519. The van der Waals surface area contributed by atoms with Crippen LogP contribution in [0.4, 0.5) is 5.95 Å². The van der Waals surface area contributed by atoms with Crippen LogP contribution in [0.1, 0.15) is 55.4 Å². The van der Waals surface area contributed by atoms with Gasteiger partial charge in [-0.15, -0.1) is 0 Å². The zero-order chi connectivity index (χ0) is 18.2. The maximum absolute atomic E-state index is 13.0. The maximum Gasteiger partial charge on any atom is 0.273 e. The molecule has 1 fully saturated rings. The second-order valence-corrected chi connectivity index (χ2v) is 7.80. The lowest BCUT2D eigenvalue weighted by atomic mass is 9.92. The Morgan fingerprint density at radius 2 is 1.72 bits per heavy atom. The fourth-order valence-electron chi connectivity index (χ4n) is 3.42. The zero-order valence-electron chi connectivity index (χ0n) is 15.6. The molecular weight excluding hydrogens is 318 g/mol. The van der Waals surface area contributed by atoms with Gasteiger partial charge in [0.2, 0.25) is 11.9 Å². The van der Waals surface area contributed by atoms with Crippen molar-refractivity contribution in [2.24, 2.45) is 5.41 Å². The molecule has 3 rings (SSSR count). The van der Waals surface area contributed by atoms with E-state index in [-0.39, 0.29) is 11.8 Å². The van der Waals surface area contributed by atoms with Gasteiger partial charge in [-0.25, -0.2) is 9.97 Å². The van der Waals surface area contributed by atoms with Gasteiger partial charge in [0.05, 0.1) is 5.69 Å². The number of carbonyl (C=O) groups is 2. The van der Waals surface area contributed by atoms with Crippen molar-refractivity contribution in [1.82, 2.24) is 19.8 Å². The third kappa shape index (κ3) is 3.45. The molecule has 0 aromatic carbocycles. The Hall–Kier alpha value is -2.18.